The molecule has 0 radical (unpaired) electrons. The lowest BCUT2D eigenvalue weighted by Crippen LogP contribution is -2.28. The van der Waals surface area contributed by atoms with Crippen molar-refractivity contribution in [1.29, 1.82) is 0 Å². The summed E-state index contributed by atoms with van der Waals surface area (Å²) in [4.78, 5) is 34.8. The number of anilines is 1. The maximum absolute atomic E-state index is 12.2. The molecule has 0 aliphatic carbocycles. The molecular weight excluding hydrogens is 420 g/mol. The van der Waals surface area contributed by atoms with Crippen LogP contribution in [0.15, 0.2) is 58.7 Å². The molecule has 0 unspecified atom stereocenters. The zero-order valence-corrected chi connectivity index (χ0v) is 17.4. The van der Waals surface area contributed by atoms with E-state index in [0.717, 1.165) is 22.9 Å². The Bertz CT molecular complexity index is 1020. The van der Waals surface area contributed by atoms with Crippen molar-refractivity contribution in [2.45, 2.75) is 18.6 Å². The SMILES string of the molecule is Cc1ccc(NC(=O)C[C@@H]2S/C(=N/N=C\c3ccc(OCC(=O)O)cc3)NC2=O)cc1. The zero-order chi connectivity index (χ0) is 22.2. The molecule has 1 atom stereocenters. The minimum atomic E-state index is -1.05. The van der Waals surface area contributed by atoms with Crippen LogP contribution < -0.4 is 15.4 Å². The molecule has 1 saturated heterocycles. The number of carbonyl (C=O) groups is 3. The van der Waals surface area contributed by atoms with Crippen LogP contribution in [0.4, 0.5) is 5.69 Å². The molecular formula is C21H20N4O5S. The van der Waals surface area contributed by atoms with Gasteiger partial charge in [0.15, 0.2) is 11.8 Å². The Morgan fingerprint density at radius 2 is 1.90 bits per heavy atom. The molecule has 0 bridgehead atoms. The van der Waals surface area contributed by atoms with E-state index < -0.39 is 17.8 Å². The van der Waals surface area contributed by atoms with Crippen LogP contribution in [-0.2, 0) is 14.4 Å². The standard InChI is InChI=1S/C21H20N4O5S/c1-13-2-6-15(7-3-13)23-18(26)10-17-20(29)24-21(31-17)25-22-11-14-4-8-16(9-5-14)30-12-19(27)28/h2-9,11,17H,10,12H2,1H3,(H,23,26)(H,27,28)(H,24,25,29)/b22-11-/t17-/m0/s1. The number of nitrogens with zero attached hydrogens (tertiary/aromatic N) is 2. The molecule has 1 heterocycles. The van der Waals surface area contributed by atoms with Gasteiger partial charge in [-0.05, 0) is 48.9 Å². The Balaban J connectivity index is 1.50. The number of hydrogen-bond donors (Lipinski definition) is 3. The number of nitrogens with one attached hydrogen (secondary N) is 2. The first kappa shape index (κ1) is 22.0. The number of amides is 2. The van der Waals surface area contributed by atoms with Crippen molar-refractivity contribution in [2.24, 2.45) is 10.2 Å². The first-order valence-electron chi connectivity index (χ1n) is 9.29. The van der Waals surface area contributed by atoms with Crippen molar-refractivity contribution in [1.82, 2.24) is 5.32 Å². The third-order valence-corrected chi connectivity index (χ3v) is 5.15. The van der Waals surface area contributed by atoms with Crippen LogP contribution in [0.2, 0.25) is 0 Å². The maximum atomic E-state index is 12.2. The fourth-order valence-electron chi connectivity index (χ4n) is 2.55. The van der Waals surface area contributed by atoms with Crippen molar-refractivity contribution < 1.29 is 24.2 Å². The van der Waals surface area contributed by atoms with Gasteiger partial charge in [-0.2, -0.15) is 5.10 Å². The third-order valence-electron chi connectivity index (χ3n) is 4.08. The van der Waals surface area contributed by atoms with Gasteiger partial charge in [-0.25, -0.2) is 4.79 Å². The number of benzene rings is 2. The number of amidine groups is 1. The van der Waals surface area contributed by atoms with Gasteiger partial charge in [-0.1, -0.05) is 29.5 Å². The van der Waals surface area contributed by atoms with Gasteiger partial charge in [0.25, 0.3) is 0 Å². The van der Waals surface area contributed by atoms with E-state index in [1.807, 2.05) is 31.2 Å². The average molecular weight is 440 g/mol. The number of thioether (sulfide) groups is 1. The Morgan fingerprint density at radius 3 is 2.58 bits per heavy atom. The van der Waals surface area contributed by atoms with Crippen molar-refractivity contribution >= 4 is 46.6 Å². The molecule has 1 fully saturated rings. The van der Waals surface area contributed by atoms with Crippen LogP contribution in [0, 0.1) is 6.92 Å². The lowest BCUT2D eigenvalue weighted by Gasteiger charge is -2.07. The second-order valence-electron chi connectivity index (χ2n) is 6.62. The van der Waals surface area contributed by atoms with E-state index in [9.17, 15) is 14.4 Å². The highest BCUT2D eigenvalue weighted by Crippen LogP contribution is 2.23. The van der Waals surface area contributed by atoms with E-state index in [4.69, 9.17) is 9.84 Å². The number of carbonyl (C=O) groups excluding carboxylic acids is 2. The van der Waals surface area contributed by atoms with Crippen molar-refractivity contribution in [3.8, 4) is 5.75 Å². The van der Waals surface area contributed by atoms with E-state index in [2.05, 4.69) is 20.8 Å². The van der Waals surface area contributed by atoms with Crippen molar-refractivity contribution in [3.05, 3.63) is 59.7 Å². The molecule has 2 amide bonds. The molecule has 1 aliphatic heterocycles. The maximum Gasteiger partial charge on any atom is 0.341 e. The minimum absolute atomic E-state index is 0.0188. The molecule has 9 nitrogen and oxygen atoms in total. The first-order valence-corrected chi connectivity index (χ1v) is 10.2. The fraction of sp³-hybridized carbons (Fsp3) is 0.190. The minimum Gasteiger partial charge on any atom is -0.482 e. The van der Waals surface area contributed by atoms with Gasteiger partial charge in [0, 0.05) is 12.1 Å². The number of ether oxygens (including phenoxy) is 1. The first-order chi connectivity index (χ1) is 14.9. The number of carboxylic acid groups (broad SMARTS) is 1. The van der Waals surface area contributed by atoms with E-state index in [1.165, 1.54) is 6.21 Å². The summed E-state index contributed by atoms with van der Waals surface area (Å²) in [7, 11) is 0. The molecule has 10 heteroatoms. The van der Waals surface area contributed by atoms with Crippen LogP contribution in [0.1, 0.15) is 17.5 Å². The topological polar surface area (TPSA) is 129 Å². The number of carboxylic acids is 1. The lowest BCUT2D eigenvalue weighted by molar-refractivity contribution is -0.139. The lowest BCUT2D eigenvalue weighted by atomic mass is 10.2. The van der Waals surface area contributed by atoms with E-state index in [1.54, 1.807) is 24.3 Å². The van der Waals surface area contributed by atoms with Crippen LogP contribution in [0.3, 0.4) is 0 Å². The molecule has 0 aromatic heterocycles. The Morgan fingerprint density at radius 1 is 1.19 bits per heavy atom. The average Bonchev–Trinajstić information content (AvgIpc) is 3.08. The van der Waals surface area contributed by atoms with Crippen LogP contribution >= 0.6 is 11.8 Å². The molecule has 0 spiro atoms. The molecule has 3 N–H and O–H groups in total. The number of aryl methyl sites for hydroxylation is 1. The summed E-state index contributed by atoms with van der Waals surface area (Å²) in [5.74, 6) is -1.18. The van der Waals surface area contributed by atoms with Gasteiger partial charge in [0.1, 0.15) is 11.0 Å². The molecule has 0 saturated carbocycles. The van der Waals surface area contributed by atoms with E-state index in [-0.39, 0.29) is 18.2 Å². The summed E-state index contributed by atoms with van der Waals surface area (Å²) in [5.41, 5.74) is 2.49. The van der Waals surface area contributed by atoms with Gasteiger partial charge >= 0.3 is 5.97 Å². The Kier molecular flexibility index (Phi) is 7.39. The molecule has 160 valence electrons. The van der Waals surface area contributed by atoms with E-state index in [0.29, 0.717) is 16.6 Å². The van der Waals surface area contributed by atoms with Gasteiger partial charge in [-0.3, -0.25) is 9.59 Å². The molecule has 1 aliphatic rings. The number of rotatable bonds is 8. The highest BCUT2D eigenvalue weighted by atomic mass is 32.2. The van der Waals surface area contributed by atoms with Crippen LogP contribution in [-0.4, -0.2) is 46.1 Å². The summed E-state index contributed by atoms with van der Waals surface area (Å²) in [6, 6.07) is 14.0. The summed E-state index contributed by atoms with van der Waals surface area (Å²) >= 11 is 1.15. The molecule has 2 aromatic rings. The van der Waals surface area contributed by atoms with E-state index >= 15 is 0 Å². The van der Waals surface area contributed by atoms with Crippen molar-refractivity contribution in [2.75, 3.05) is 11.9 Å². The predicted molar refractivity (Wildman–Crippen MR) is 119 cm³/mol. The normalized spacial score (nSPS) is 17.0. The largest absolute Gasteiger partial charge is 0.482 e. The highest BCUT2D eigenvalue weighted by molar-refractivity contribution is 8.15. The zero-order valence-electron chi connectivity index (χ0n) is 16.6. The van der Waals surface area contributed by atoms with Gasteiger partial charge < -0.3 is 20.5 Å². The molecule has 31 heavy (non-hydrogen) atoms. The van der Waals surface area contributed by atoms with Crippen LogP contribution in [0.25, 0.3) is 0 Å². The predicted octanol–water partition coefficient (Wildman–Crippen LogP) is 2.41. The van der Waals surface area contributed by atoms with Gasteiger partial charge in [0.2, 0.25) is 11.8 Å². The number of hydrogen-bond acceptors (Lipinski definition) is 7. The number of aliphatic carboxylic acids is 1. The third kappa shape index (κ3) is 6.96. The van der Waals surface area contributed by atoms with Crippen molar-refractivity contribution in [3.63, 3.8) is 0 Å². The summed E-state index contributed by atoms with van der Waals surface area (Å²) in [5, 5.41) is 21.6. The second kappa shape index (κ2) is 10.4. The van der Waals surface area contributed by atoms with Gasteiger partial charge in [0.05, 0.1) is 6.21 Å². The monoisotopic (exact) mass is 440 g/mol. The highest BCUT2D eigenvalue weighted by Gasteiger charge is 2.32. The smallest absolute Gasteiger partial charge is 0.341 e. The summed E-state index contributed by atoms with van der Waals surface area (Å²) in [6.45, 7) is 1.54. The summed E-state index contributed by atoms with van der Waals surface area (Å²) in [6.07, 6.45) is 1.50. The Hall–Kier alpha value is -3.66. The van der Waals surface area contributed by atoms with Gasteiger partial charge in [-0.15, -0.1) is 5.10 Å². The Labute approximate surface area is 182 Å². The molecule has 3 rings (SSSR count). The second-order valence-corrected chi connectivity index (χ2v) is 7.81. The quantitative estimate of drug-likeness (QED) is 0.427. The summed E-state index contributed by atoms with van der Waals surface area (Å²) < 4.78 is 5.05. The fourth-order valence-corrected chi connectivity index (χ4v) is 3.47. The van der Waals surface area contributed by atoms with Crippen LogP contribution in [0.5, 0.6) is 5.75 Å². The molecule has 2 aromatic carbocycles.